The number of thioether (sulfide) groups is 2. The van der Waals surface area contributed by atoms with Gasteiger partial charge in [0.05, 0.1) is 12.0 Å². The standard InChI is InChI=1S/C33H48N2O3S2.Li/c1-22-12-10-11-15-26(22)28-20-24(16-17-27(28)31(36)35-29(32(37)38)18-19-39-6)21-34-23(2)30(40-33(3,4)5)25-13-8-7-9-14-25;/h10-12,15-17,20,23,25,29-30,34H,7-9,13-14,18-19,21H2,1-6H3,(H,35,36)(H,37,38);/q;+1/p-1/t23?,29-,30?;/m0./s1. The third-order valence-corrected chi connectivity index (χ3v) is 10.1. The van der Waals surface area contributed by atoms with Crippen molar-refractivity contribution in [3.8, 4) is 11.1 Å². The van der Waals surface area contributed by atoms with E-state index >= 15 is 0 Å². The molecular formula is C33H47LiN2O3S2. The number of aliphatic carboxylic acids is 1. The van der Waals surface area contributed by atoms with Crippen molar-refractivity contribution in [1.82, 2.24) is 10.6 Å². The van der Waals surface area contributed by atoms with Crippen molar-refractivity contribution in [2.75, 3.05) is 12.0 Å². The first-order chi connectivity index (χ1) is 19.0. The van der Waals surface area contributed by atoms with Crippen LogP contribution in [0.4, 0.5) is 0 Å². The van der Waals surface area contributed by atoms with Gasteiger partial charge < -0.3 is 20.5 Å². The summed E-state index contributed by atoms with van der Waals surface area (Å²) in [6.07, 6.45) is 8.88. The van der Waals surface area contributed by atoms with E-state index in [1.165, 1.54) is 32.1 Å². The van der Waals surface area contributed by atoms with Gasteiger partial charge >= 0.3 is 18.9 Å². The normalized spacial score (nSPS) is 16.3. The van der Waals surface area contributed by atoms with E-state index in [9.17, 15) is 14.7 Å². The fourth-order valence-corrected chi connectivity index (χ4v) is 7.64. The van der Waals surface area contributed by atoms with Crippen LogP contribution in [0.2, 0.25) is 0 Å². The van der Waals surface area contributed by atoms with E-state index in [2.05, 4.69) is 56.2 Å². The van der Waals surface area contributed by atoms with E-state index in [4.69, 9.17) is 0 Å². The topological polar surface area (TPSA) is 81.3 Å². The smallest absolute Gasteiger partial charge is 0.548 e. The minimum absolute atomic E-state index is 0. The van der Waals surface area contributed by atoms with Crippen LogP contribution in [0.25, 0.3) is 11.1 Å². The fraction of sp³-hybridized carbons (Fsp3) is 0.576. The molecule has 0 aromatic heterocycles. The van der Waals surface area contributed by atoms with Crippen molar-refractivity contribution in [2.24, 2.45) is 5.92 Å². The van der Waals surface area contributed by atoms with Crippen LogP contribution in [0.5, 0.6) is 0 Å². The van der Waals surface area contributed by atoms with Crippen LogP contribution in [0, 0.1) is 12.8 Å². The van der Waals surface area contributed by atoms with Gasteiger partial charge in [0.1, 0.15) is 0 Å². The maximum Gasteiger partial charge on any atom is 1.00 e. The first-order valence-electron chi connectivity index (χ1n) is 14.6. The van der Waals surface area contributed by atoms with Crippen molar-refractivity contribution < 1.29 is 33.6 Å². The summed E-state index contributed by atoms with van der Waals surface area (Å²) in [5, 5.41) is 18.8. The second-order valence-electron chi connectivity index (χ2n) is 12.1. The molecule has 1 fully saturated rings. The largest absolute Gasteiger partial charge is 1.00 e. The molecule has 1 amide bonds. The zero-order chi connectivity index (χ0) is 29.3. The molecule has 3 rings (SSSR count). The number of carboxylic acid groups (broad SMARTS) is 1. The average molecular weight is 591 g/mol. The minimum Gasteiger partial charge on any atom is -0.548 e. The Morgan fingerprint density at radius 2 is 1.73 bits per heavy atom. The van der Waals surface area contributed by atoms with Gasteiger partial charge in [0, 0.05) is 28.1 Å². The SMILES string of the molecule is CSCC[C@H](NC(=O)c1ccc(CNC(C)C(SC(C)(C)C)C2CCCCC2)cc1-c1ccccc1C)C(=O)[O-].[Li+]. The summed E-state index contributed by atoms with van der Waals surface area (Å²) in [4.78, 5) is 25.1. The minimum atomic E-state index is -1.25. The van der Waals surface area contributed by atoms with Crippen LogP contribution in [-0.2, 0) is 11.3 Å². The summed E-state index contributed by atoms with van der Waals surface area (Å²) < 4.78 is 0.199. The Balaban J connectivity index is 0.00000588. The molecule has 3 atom stereocenters. The molecule has 2 aromatic rings. The van der Waals surface area contributed by atoms with Crippen molar-refractivity contribution in [1.29, 1.82) is 0 Å². The van der Waals surface area contributed by atoms with Gasteiger partial charge in [-0.15, -0.1) is 0 Å². The van der Waals surface area contributed by atoms with Crippen LogP contribution in [-0.4, -0.2) is 46.0 Å². The van der Waals surface area contributed by atoms with Crippen molar-refractivity contribution in [3.05, 3.63) is 59.2 Å². The monoisotopic (exact) mass is 590 g/mol. The van der Waals surface area contributed by atoms with Gasteiger partial charge in [-0.05, 0) is 85.4 Å². The number of nitrogens with one attached hydrogen (secondary N) is 2. The Hall–Kier alpha value is -1.36. The van der Waals surface area contributed by atoms with E-state index in [0.717, 1.165) is 28.2 Å². The third-order valence-electron chi connectivity index (χ3n) is 7.69. The molecule has 2 N–H and O–H groups in total. The molecule has 0 aliphatic heterocycles. The summed E-state index contributed by atoms with van der Waals surface area (Å²) >= 11 is 3.65. The van der Waals surface area contributed by atoms with E-state index in [1.807, 2.05) is 49.6 Å². The average Bonchev–Trinajstić information content (AvgIpc) is 2.92. The molecule has 0 heterocycles. The fourth-order valence-electron chi connectivity index (χ4n) is 5.59. The Bertz CT molecular complexity index is 1130. The second kappa shape index (κ2) is 17.1. The van der Waals surface area contributed by atoms with Gasteiger partial charge in [-0.2, -0.15) is 23.5 Å². The van der Waals surface area contributed by atoms with E-state index in [-0.39, 0.29) is 29.5 Å². The summed E-state index contributed by atoms with van der Waals surface area (Å²) in [5.41, 5.74) is 4.43. The first kappa shape index (κ1) is 35.8. The molecular weight excluding hydrogens is 543 g/mol. The number of amides is 1. The Morgan fingerprint density at radius 3 is 2.34 bits per heavy atom. The number of hydrogen-bond acceptors (Lipinski definition) is 6. The first-order valence-corrected chi connectivity index (χ1v) is 16.9. The van der Waals surface area contributed by atoms with Gasteiger partial charge in [0.25, 0.3) is 5.91 Å². The summed E-state index contributed by atoms with van der Waals surface area (Å²) in [5.74, 6) is -0.283. The molecule has 8 heteroatoms. The molecule has 0 bridgehead atoms. The van der Waals surface area contributed by atoms with Crippen molar-refractivity contribution in [3.63, 3.8) is 0 Å². The quantitative estimate of drug-likeness (QED) is 0.349. The van der Waals surface area contributed by atoms with Gasteiger partial charge in [0.2, 0.25) is 0 Å². The Labute approximate surface area is 268 Å². The van der Waals surface area contributed by atoms with E-state index in [0.29, 0.717) is 35.6 Å². The van der Waals surface area contributed by atoms with Crippen LogP contribution in [0.3, 0.4) is 0 Å². The molecule has 0 spiro atoms. The number of rotatable bonds is 13. The van der Waals surface area contributed by atoms with E-state index in [1.54, 1.807) is 11.8 Å². The predicted octanol–water partition coefficient (Wildman–Crippen LogP) is 3.23. The number of carboxylic acids is 1. The zero-order valence-electron chi connectivity index (χ0n) is 26.0. The summed E-state index contributed by atoms with van der Waals surface area (Å²) in [6.45, 7) is 12.0. The number of carbonyl (C=O) groups is 2. The summed E-state index contributed by atoms with van der Waals surface area (Å²) in [7, 11) is 0. The number of benzene rings is 2. The van der Waals surface area contributed by atoms with Crippen LogP contribution in [0.15, 0.2) is 42.5 Å². The molecule has 1 aliphatic carbocycles. The number of hydrogen-bond donors (Lipinski definition) is 2. The van der Waals surface area contributed by atoms with Crippen molar-refractivity contribution >= 4 is 35.4 Å². The van der Waals surface area contributed by atoms with Gasteiger partial charge in [-0.3, -0.25) is 4.79 Å². The number of aryl methyl sites for hydroxylation is 1. The van der Waals surface area contributed by atoms with Gasteiger partial charge in [-0.25, -0.2) is 0 Å². The molecule has 0 radical (unpaired) electrons. The van der Waals surface area contributed by atoms with Crippen LogP contribution >= 0.6 is 23.5 Å². The Kier molecular flexibility index (Phi) is 14.9. The molecule has 2 aromatic carbocycles. The van der Waals surface area contributed by atoms with Crippen LogP contribution < -0.4 is 34.6 Å². The molecule has 1 aliphatic rings. The molecule has 5 nitrogen and oxygen atoms in total. The molecule has 2 unspecified atom stereocenters. The maximum absolute atomic E-state index is 13.4. The molecule has 41 heavy (non-hydrogen) atoms. The van der Waals surface area contributed by atoms with Gasteiger partial charge in [0.15, 0.2) is 0 Å². The maximum atomic E-state index is 13.4. The third kappa shape index (κ3) is 11.0. The van der Waals surface area contributed by atoms with Crippen molar-refractivity contribution in [2.45, 2.75) is 102 Å². The molecule has 0 saturated heterocycles. The Morgan fingerprint density at radius 1 is 1.05 bits per heavy atom. The molecule has 220 valence electrons. The van der Waals surface area contributed by atoms with Gasteiger partial charge in [-0.1, -0.05) is 70.4 Å². The predicted molar refractivity (Wildman–Crippen MR) is 170 cm³/mol. The molecule has 1 saturated carbocycles. The van der Waals surface area contributed by atoms with Crippen LogP contribution in [0.1, 0.15) is 87.7 Å². The zero-order valence-corrected chi connectivity index (χ0v) is 27.7. The van der Waals surface area contributed by atoms with E-state index < -0.39 is 12.0 Å². The number of carbonyl (C=O) groups excluding carboxylic acids is 2. The summed E-state index contributed by atoms with van der Waals surface area (Å²) in [6, 6.07) is 13.2. The second-order valence-corrected chi connectivity index (χ2v) is 15.1.